The molecule has 0 atom stereocenters. The number of rotatable bonds is 7. The first-order chi connectivity index (χ1) is 16.6. The average Bonchev–Trinajstić information content (AvgIpc) is 3.39. The highest BCUT2D eigenvalue weighted by Crippen LogP contribution is 2.36. The molecule has 2 aromatic carbocycles. The Hall–Kier alpha value is -4.29. The van der Waals surface area contributed by atoms with E-state index in [9.17, 15) is 34.6 Å². The molecule has 11 nitrogen and oxygen atoms in total. The minimum absolute atomic E-state index is 0.0116. The molecule has 1 aliphatic rings. The van der Waals surface area contributed by atoms with Gasteiger partial charge in [0.15, 0.2) is 5.78 Å². The number of carbonyl (C=O) groups is 3. The zero-order valence-corrected chi connectivity index (χ0v) is 18.9. The summed E-state index contributed by atoms with van der Waals surface area (Å²) in [6.07, 6.45) is 1.32. The first kappa shape index (κ1) is 23.9. The van der Waals surface area contributed by atoms with Crippen LogP contribution in [0.3, 0.4) is 0 Å². The Morgan fingerprint density at radius 3 is 2.31 bits per heavy atom. The van der Waals surface area contributed by atoms with Crippen molar-refractivity contribution in [3.63, 3.8) is 0 Å². The molecule has 0 bridgehead atoms. The van der Waals surface area contributed by atoms with Crippen LogP contribution in [-0.4, -0.2) is 38.2 Å². The number of nitro groups is 2. The van der Waals surface area contributed by atoms with E-state index in [2.05, 4.69) is 0 Å². The van der Waals surface area contributed by atoms with E-state index < -0.39 is 33.3 Å². The Morgan fingerprint density at radius 2 is 1.66 bits per heavy atom. The topological polar surface area (TPSA) is 154 Å². The van der Waals surface area contributed by atoms with E-state index in [1.54, 1.807) is 0 Å². The summed E-state index contributed by atoms with van der Waals surface area (Å²) in [5.41, 5.74) is 0.0199. The summed E-state index contributed by atoms with van der Waals surface area (Å²) in [6, 6.07) is 11.7. The van der Waals surface area contributed by atoms with E-state index in [0.717, 1.165) is 17.0 Å². The second kappa shape index (κ2) is 9.52. The van der Waals surface area contributed by atoms with Crippen LogP contribution in [-0.2, 0) is 4.79 Å². The predicted molar refractivity (Wildman–Crippen MR) is 126 cm³/mol. The van der Waals surface area contributed by atoms with E-state index in [-0.39, 0.29) is 43.9 Å². The molecular weight excluding hydrogens is 502 g/mol. The highest BCUT2D eigenvalue weighted by Gasteiger charge is 2.36. The monoisotopic (exact) mass is 513 g/mol. The lowest BCUT2D eigenvalue weighted by atomic mass is 10.1. The average molecular weight is 514 g/mol. The van der Waals surface area contributed by atoms with Crippen molar-refractivity contribution in [1.29, 1.82) is 0 Å². The number of ketones is 1. The van der Waals surface area contributed by atoms with E-state index in [0.29, 0.717) is 11.8 Å². The van der Waals surface area contributed by atoms with Crippen LogP contribution in [0.4, 0.5) is 16.2 Å². The number of nitrogens with zero attached hydrogens (tertiary/aromatic N) is 3. The molecule has 176 valence electrons. The molecule has 1 aliphatic heterocycles. The van der Waals surface area contributed by atoms with Crippen LogP contribution in [0.1, 0.15) is 16.1 Å². The zero-order chi connectivity index (χ0) is 25.3. The first-order valence-corrected chi connectivity index (χ1v) is 10.9. The largest absolute Gasteiger partial charge is 0.457 e. The van der Waals surface area contributed by atoms with Crippen molar-refractivity contribution in [2.75, 3.05) is 6.54 Å². The smallest absolute Gasteiger partial charge is 0.293 e. The fourth-order valence-electron chi connectivity index (χ4n) is 3.16. The van der Waals surface area contributed by atoms with E-state index in [1.807, 2.05) is 0 Å². The van der Waals surface area contributed by atoms with Crippen molar-refractivity contribution in [3.05, 3.63) is 96.1 Å². The predicted octanol–water partition coefficient (Wildman–Crippen LogP) is 5.34. The molecule has 1 fully saturated rings. The molecule has 1 saturated heterocycles. The van der Waals surface area contributed by atoms with Crippen molar-refractivity contribution in [2.24, 2.45) is 0 Å². The molecule has 1 aromatic heterocycles. The standard InChI is InChI=1S/C22H12ClN3O8S/c23-17-7-5-14(26(32)33)9-16(17)19-8-6-15(34-19)10-20-21(28)24(22(29)35-20)11-18(27)12-1-3-13(4-2-12)25(30)31/h1-10H,11H2/b20-10+. The van der Waals surface area contributed by atoms with Crippen LogP contribution in [0.15, 0.2) is 63.9 Å². The van der Waals surface area contributed by atoms with Gasteiger partial charge in [-0.15, -0.1) is 0 Å². The lowest BCUT2D eigenvalue weighted by Crippen LogP contribution is -2.33. The third kappa shape index (κ3) is 4.98. The molecular formula is C22H12ClN3O8S. The molecule has 0 unspecified atom stereocenters. The highest BCUT2D eigenvalue weighted by molar-refractivity contribution is 8.18. The van der Waals surface area contributed by atoms with Crippen LogP contribution >= 0.6 is 23.4 Å². The summed E-state index contributed by atoms with van der Waals surface area (Å²) in [5, 5.41) is 21.3. The van der Waals surface area contributed by atoms with Gasteiger partial charge in [0.05, 0.1) is 26.3 Å². The molecule has 4 rings (SSSR count). The van der Waals surface area contributed by atoms with Crippen LogP contribution in [0.5, 0.6) is 0 Å². The summed E-state index contributed by atoms with van der Waals surface area (Å²) < 4.78 is 5.65. The van der Waals surface area contributed by atoms with Crippen molar-refractivity contribution in [3.8, 4) is 11.3 Å². The number of nitro benzene ring substituents is 2. The van der Waals surface area contributed by atoms with Crippen molar-refractivity contribution in [1.82, 2.24) is 4.90 Å². The molecule has 13 heteroatoms. The van der Waals surface area contributed by atoms with Gasteiger partial charge in [-0.2, -0.15) is 0 Å². The third-order valence-corrected chi connectivity index (χ3v) is 6.14. The number of hydrogen-bond acceptors (Lipinski definition) is 9. The molecule has 0 radical (unpaired) electrons. The molecule has 2 heterocycles. The Balaban J connectivity index is 1.51. The van der Waals surface area contributed by atoms with E-state index in [1.165, 1.54) is 48.5 Å². The molecule has 2 amide bonds. The zero-order valence-electron chi connectivity index (χ0n) is 17.4. The number of carbonyl (C=O) groups excluding carboxylic acids is 3. The van der Waals surface area contributed by atoms with Crippen LogP contribution in [0, 0.1) is 20.2 Å². The number of Topliss-reactive ketones (excluding diaryl/α,β-unsaturated/α-hetero) is 1. The normalized spacial score (nSPS) is 14.5. The number of imide groups is 1. The Labute approximate surface area is 205 Å². The van der Waals surface area contributed by atoms with Gasteiger partial charge < -0.3 is 4.42 Å². The summed E-state index contributed by atoms with van der Waals surface area (Å²) >= 11 is 6.74. The van der Waals surface area contributed by atoms with Gasteiger partial charge in [0, 0.05) is 41.5 Å². The Morgan fingerprint density at radius 1 is 1.00 bits per heavy atom. The summed E-state index contributed by atoms with van der Waals surface area (Å²) in [4.78, 5) is 58.9. The summed E-state index contributed by atoms with van der Waals surface area (Å²) in [7, 11) is 0. The van der Waals surface area contributed by atoms with Crippen LogP contribution in [0.2, 0.25) is 5.02 Å². The van der Waals surface area contributed by atoms with Gasteiger partial charge in [0.25, 0.3) is 22.5 Å². The minimum atomic E-state index is -0.707. The maximum Gasteiger partial charge on any atom is 0.293 e. The fraction of sp³-hybridized carbons (Fsp3) is 0.0455. The fourth-order valence-corrected chi connectivity index (χ4v) is 4.19. The molecule has 0 aliphatic carbocycles. The van der Waals surface area contributed by atoms with E-state index >= 15 is 0 Å². The number of thioether (sulfide) groups is 1. The lowest BCUT2D eigenvalue weighted by molar-refractivity contribution is -0.385. The third-order valence-electron chi connectivity index (χ3n) is 4.90. The van der Waals surface area contributed by atoms with Gasteiger partial charge in [-0.05, 0) is 42.1 Å². The number of furan rings is 1. The van der Waals surface area contributed by atoms with Crippen molar-refractivity contribution >= 4 is 57.7 Å². The van der Waals surface area contributed by atoms with Crippen LogP contribution < -0.4 is 0 Å². The minimum Gasteiger partial charge on any atom is -0.457 e. The Kier molecular flexibility index (Phi) is 6.49. The first-order valence-electron chi connectivity index (χ1n) is 9.71. The van der Waals surface area contributed by atoms with Crippen molar-refractivity contribution in [2.45, 2.75) is 0 Å². The van der Waals surface area contributed by atoms with Gasteiger partial charge in [-0.3, -0.25) is 39.5 Å². The van der Waals surface area contributed by atoms with Crippen molar-refractivity contribution < 1.29 is 28.6 Å². The molecule has 3 aromatic rings. The quantitative estimate of drug-likeness (QED) is 0.176. The highest BCUT2D eigenvalue weighted by atomic mass is 35.5. The maximum absolute atomic E-state index is 12.7. The van der Waals surface area contributed by atoms with E-state index in [4.69, 9.17) is 16.0 Å². The lowest BCUT2D eigenvalue weighted by Gasteiger charge is -2.11. The number of halogens is 1. The van der Waals surface area contributed by atoms with Crippen LogP contribution in [0.25, 0.3) is 17.4 Å². The summed E-state index contributed by atoms with van der Waals surface area (Å²) in [6.45, 7) is -0.535. The number of benzene rings is 2. The SMILES string of the molecule is O=C(CN1C(=O)S/C(=C/c2ccc(-c3cc([N+](=O)[O-])ccc3Cl)o2)C1=O)c1ccc([N+](=O)[O-])cc1. The van der Waals surface area contributed by atoms with Gasteiger partial charge in [-0.25, -0.2) is 0 Å². The molecule has 0 saturated carbocycles. The van der Waals surface area contributed by atoms with Gasteiger partial charge >= 0.3 is 0 Å². The summed E-state index contributed by atoms with van der Waals surface area (Å²) in [5.74, 6) is -0.863. The molecule has 0 N–H and O–H groups in total. The molecule has 35 heavy (non-hydrogen) atoms. The van der Waals surface area contributed by atoms with Gasteiger partial charge in [-0.1, -0.05) is 11.6 Å². The second-order valence-electron chi connectivity index (χ2n) is 7.12. The van der Waals surface area contributed by atoms with Gasteiger partial charge in [0.1, 0.15) is 11.5 Å². The number of hydrogen-bond donors (Lipinski definition) is 0. The maximum atomic E-state index is 12.7. The van der Waals surface area contributed by atoms with Gasteiger partial charge in [0.2, 0.25) is 0 Å². The second-order valence-corrected chi connectivity index (χ2v) is 8.52. The number of amides is 2. The number of non-ortho nitro benzene ring substituents is 2. The Bertz CT molecular complexity index is 1430. The molecule has 0 spiro atoms.